The van der Waals surface area contributed by atoms with Crippen LogP contribution in [-0.2, 0) is 4.79 Å². The van der Waals surface area contributed by atoms with Crippen molar-refractivity contribution in [3.63, 3.8) is 0 Å². The Bertz CT molecular complexity index is 304. The normalized spacial score (nSPS) is 26.4. The molecule has 0 aliphatic heterocycles. The fourth-order valence-corrected chi connectivity index (χ4v) is 2.83. The molecule has 1 fully saturated rings. The van der Waals surface area contributed by atoms with Gasteiger partial charge in [-0.05, 0) is 50.2 Å². The minimum atomic E-state index is -0.00882. The number of hydrogen-bond acceptors (Lipinski definition) is 4. The fraction of sp³-hybridized carbons (Fsp3) is 0.944. The maximum Gasteiger partial charge on any atom is 0.166 e. The number of nitrogens with one attached hydrogen (secondary N) is 3. The molecule has 1 unspecified atom stereocenters. The zero-order chi connectivity index (χ0) is 16.7. The van der Waals surface area contributed by atoms with E-state index in [0.29, 0.717) is 29.6 Å². The van der Waals surface area contributed by atoms with Gasteiger partial charge in [0.1, 0.15) is 0 Å². The molecule has 0 heterocycles. The molecule has 130 valence electrons. The van der Waals surface area contributed by atoms with Gasteiger partial charge in [0.05, 0.1) is 12.1 Å². The average Bonchev–Trinajstić information content (AvgIpc) is 2.42. The van der Waals surface area contributed by atoms with Gasteiger partial charge in [-0.1, -0.05) is 41.5 Å². The Kier molecular flexibility index (Phi) is 8.58. The molecule has 0 radical (unpaired) electrons. The van der Waals surface area contributed by atoms with Crippen molar-refractivity contribution in [3.05, 3.63) is 0 Å². The van der Waals surface area contributed by atoms with Gasteiger partial charge >= 0.3 is 0 Å². The van der Waals surface area contributed by atoms with Crippen molar-refractivity contribution < 1.29 is 4.79 Å². The van der Waals surface area contributed by atoms with Crippen LogP contribution in [0.4, 0.5) is 0 Å². The van der Waals surface area contributed by atoms with Crippen molar-refractivity contribution in [2.24, 2.45) is 17.8 Å². The molecule has 4 nitrogen and oxygen atoms in total. The molecular formula is C18H37N3O. The Balaban J connectivity index is 2.62. The zero-order valence-corrected chi connectivity index (χ0v) is 15.4. The fourth-order valence-electron chi connectivity index (χ4n) is 2.83. The van der Waals surface area contributed by atoms with E-state index in [-0.39, 0.29) is 12.1 Å². The van der Waals surface area contributed by atoms with E-state index in [1.165, 1.54) is 0 Å². The Morgan fingerprint density at radius 3 is 1.50 bits per heavy atom. The lowest BCUT2D eigenvalue weighted by Gasteiger charge is -2.36. The molecule has 0 aromatic carbocycles. The number of rotatable bonds is 9. The van der Waals surface area contributed by atoms with E-state index >= 15 is 0 Å². The number of hydrogen-bond donors (Lipinski definition) is 3. The summed E-state index contributed by atoms with van der Waals surface area (Å²) < 4.78 is 0. The van der Waals surface area contributed by atoms with Gasteiger partial charge < -0.3 is 16.0 Å². The second-order valence-corrected chi connectivity index (χ2v) is 8.08. The quantitative estimate of drug-likeness (QED) is 0.611. The summed E-state index contributed by atoms with van der Waals surface area (Å²) in [5.74, 6) is 2.13. The Hall–Kier alpha value is -0.450. The van der Waals surface area contributed by atoms with E-state index in [1.54, 1.807) is 0 Å². The van der Waals surface area contributed by atoms with Gasteiger partial charge in [-0.3, -0.25) is 4.79 Å². The molecule has 3 N–H and O–H groups in total. The maximum absolute atomic E-state index is 12.7. The van der Waals surface area contributed by atoms with E-state index in [0.717, 1.165) is 32.5 Å². The van der Waals surface area contributed by atoms with Gasteiger partial charge in [-0.2, -0.15) is 0 Å². The van der Waals surface area contributed by atoms with Gasteiger partial charge in [0.2, 0.25) is 0 Å². The SMILES string of the molecule is CC(C)CNC1C[C@H](NCC(C)C)C(=O)[C@H](NCC(C)C)C1. The van der Waals surface area contributed by atoms with Gasteiger partial charge in [0.15, 0.2) is 5.78 Å². The Labute approximate surface area is 137 Å². The Morgan fingerprint density at radius 1 is 0.773 bits per heavy atom. The third-order valence-corrected chi connectivity index (χ3v) is 4.09. The van der Waals surface area contributed by atoms with E-state index in [4.69, 9.17) is 0 Å². The molecule has 0 saturated heterocycles. The van der Waals surface area contributed by atoms with Crippen LogP contribution in [-0.4, -0.2) is 43.5 Å². The lowest BCUT2D eigenvalue weighted by molar-refractivity contribution is -0.125. The summed E-state index contributed by atoms with van der Waals surface area (Å²) in [5.41, 5.74) is 0. The molecular weight excluding hydrogens is 274 g/mol. The predicted molar refractivity (Wildman–Crippen MR) is 94.1 cm³/mol. The minimum absolute atomic E-state index is 0.00882. The van der Waals surface area contributed by atoms with Crippen LogP contribution in [0.5, 0.6) is 0 Å². The van der Waals surface area contributed by atoms with Crippen LogP contribution in [0.1, 0.15) is 54.4 Å². The van der Waals surface area contributed by atoms with Gasteiger partial charge in [-0.25, -0.2) is 0 Å². The zero-order valence-electron chi connectivity index (χ0n) is 15.4. The van der Waals surface area contributed by atoms with Gasteiger partial charge in [0.25, 0.3) is 0 Å². The van der Waals surface area contributed by atoms with Gasteiger partial charge in [0, 0.05) is 6.04 Å². The molecule has 1 aliphatic rings. The van der Waals surface area contributed by atoms with Crippen LogP contribution in [0.3, 0.4) is 0 Å². The lowest BCUT2D eigenvalue weighted by atomic mass is 9.85. The van der Waals surface area contributed by atoms with E-state index in [9.17, 15) is 4.79 Å². The maximum atomic E-state index is 12.7. The summed E-state index contributed by atoms with van der Waals surface area (Å²) in [7, 11) is 0. The largest absolute Gasteiger partial charge is 0.314 e. The highest BCUT2D eigenvalue weighted by Gasteiger charge is 2.35. The number of carbonyl (C=O) groups excluding carboxylic acids is 1. The molecule has 22 heavy (non-hydrogen) atoms. The first-order chi connectivity index (χ1) is 10.3. The molecule has 0 aromatic rings. The highest BCUT2D eigenvalue weighted by molar-refractivity contribution is 5.90. The summed E-state index contributed by atoms with van der Waals surface area (Å²) in [5, 5.41) is 10.6. The summed E-state index contributed by atoms with van der Waals surface area (Å²) in [6.07, 6.45) is 1.83. The molecule has 0 aromatic heterocycles. The second-order valence-electron chi connectivity index (χ2n) is 8.08. The van der Waals surface area contributed by atoms with E-state index < -0.39 is 0 Å². The van der Waals surface area contributed by atoms with Crippen molar-refractivity contribution in [2.45, 2.75) is 72.5 Å². The van der Waals surface area contributed by atoms with E-state index in [2.05, 4.69) is 57.5 Å². The highest BCUT2D eigenvalue weighted by atomic mass is 16.1. The molecule has 1 saturated carbocycles. The van der Waals surface area contributed by atoms with Crippen molar-refractivity contribution in [2.75, 3.05) is 19.6 Å². The summed E-state index contributed by atoms with van der Waals surface area (Å²) in [4.78, 5) is 12.7. The predicted octanol–water partition coefficient (Wildman–Crippen LogP) is 2.19. The number of Topliss-reactive ketones (excluding diaryl/α,β-unsaturated/α-hetero) is 1. The molecule has 0 amide bonds. The van der Waals surface area contributed by atoms with Crippen LogP contribution >= 0.6 is 0 Å². The Morgan fingerprint density at radius 2 is 1.14 bits per heavy atom. The molecule has 3 atom stereocenters. The monoisotopic (exact) mass is 311 g/mol. The second kappa shape index (κ2) is 9.64. The van der Waals surface area contributed by atoms with Crippen molar-refractivity contribution in [1.82, 2.24) is 16.0 Å². The minimum Gasteiger partial charge on any atom is -0.314 e. The topological polar surface area (TPSA) is 53.2 Å². The third kappa shape index (κ3) is 7.21. The summed E-state index contributed by atoms with van der Waals surface area (Å²) in [6, 6.07) is 0.408. The van der Waals surface area contributed by atoms with Crippen LogP contribution in [0.2, 0.25) is 0 Å². The lowest BCUT2D eigenvalue weighted by Crippen LogP contribution is -2.58. The number of carbonyl (C=O) groups is 1. The molecule has 0 bridgehead atoms. The first-order valence-corrected chi connectivity index (χ1v) is 9.03. The van der Waals surface area contributed by atoms with Crippen LogP contribution in [0.25, 0.3) is 0 Å². The average molecular weight is 312 g/mol. The molecule has 1 rings (SSSR count). The molecule has 4 heteroatoms. The summed E-state index contributed by atoms with van der Waals surface area (Å²) >= 11 is 0. The van der Waals surface area contributed by atoms with Crippen LogP contribution < -0.4 is 16.0 Å². The summed E-state index contributed by atoms with van der Waals surface area (Å²) in [6.45, 7) is 16.0. The van der Waals surface area contributed by atoms with Crippen LogP contribution in [0.15, 0.2) is 0 Å². The standard InChI is InChI=1S/C18H37N3O/c1-12(2)9-19-15-7-16(20-10-13(3)4)18(22)17(8-15)21-11-14(5)6/h12-17,19-21H,7-11H2,1-6H3/t15?,16-,17+. The van der Waals surface area contributed by atoms with Crippen molar-refractivity contribution in [3.8, 4) is 0 Å². The molecule has 0 spiro atoms. The van der Waals surface area contributed by atoms with Crippen LogP contribution in [0, 0.1) is 17.8 Å². The highest BCUT2D eigenvalue weighted by Crippen LogP contribution is 2.18. The smallest absolute Gasteiger partial charge is 0.166 e. The van der Waals surface area contributed by atoms with E-state index in [1.807, 2.05) is 0 Å². The first kappa shape index (κ1) is 19.6. The van der Waals surface area contributed by atoms with Gasteiger partial charge in [-0.15, -0.1) is 0 Å². The van der Waals surface area contributed by atoms with Crippen molar-refractivity contribution >= 4 is 5.78 Å². The third-order valence-electron chi connectivity index (χ3n) is 4.09. The molecule has 1 aliphatic carbocycles. The number of ketones is 1. The van der Waals surface area contributed by atoms with Crippen molar-refractivity contribution in [1.29, 1.82) is 0 Å². The first-order valence-electron chi connectivity index (χ1n) is 9.03.